The zero-order valence-corrected chi connectivity index (χ0v) is 12.8. The summed E-state index contributed by atoms with van der Waals surface area (Å²) in [5.41, 5.74) is 2.73. The van der Waals surface area contributed by atoms with Crippen LogP contribution in [0.2, 0.25) is 5.15 Å². The zero-order valence-electron chi connectivity index (χ0n) is 9.87. The smallest absolute Gasteiger partial charge is 0.172 e. The predicted molar refractivity (Wildman–Crippen MR) is 82.5 cm³/mol. The maximum absolute atomic E-state index is 6.07. The summed E-state index contributed by atoms with van der Waals surface area (Å²) in [6.45, 7) is 0. The highest BCUT2D eigenvalue weighted by Crippen LogP contribution is 2.28. The molecule has 2 aromatic heterocycles. The van der Waals surface area contributed by atoms with Gasteiger partial charge in [-0.05, 0) is 12.8 Å². The number of anilines is 1. The zero-order chi connectivity index (χ0) is 12.5. The number of aromatic nitrogens is 3. The molecule has 0 atom stereocenters. The Morgan fingerprint density at radius 1 is 1.33 bits per heavy atom. The highest BCUT2D eigenvalue weighted by molar-refractivity contribution is 14.1. The molecule has 1 aliphatic carbocycles. The largest absolute Gasteiger partial charge is 0.380 e. The van der Waals surface area contributed by atoms with Gasteiger partial charge in [0.25, 0.3) is 0 Å². The van der Waals surface area contributed by atoms with Gasteiger partial charge in [-0.15, -0.1) is 0 Å². The molecule has 0 amide bonds. The molecule has 0 bridgehead atoms. The van der Waals surface area contributed by atoms with Crippen LogP contribution in [0.4, 0.5) is 5.69 Å². The Bertz CT molecular complexity index is 562. The van der Waals surface area contributed by atoms with Gasteiger partial charge in [-0.2, -0.15) is 0 Å². The van der Waals surface area contributed by atoms with E-state index in [4.69, 9.17) is 11.6 Å². The van der Waals surface area contributed by atoms with E-state index in [0.29, 0.717) is 11.2 Å². The van der Waals surface area contributed by atoms with Crippen molar-refractivity contribution in [1.29, 1.82) is 0 Å². The number of nitrogens with one attached hydrogen (secondary N) is 1. The van der Waals surface area contributed by atoms with Crippen LogP contribution in [0.3, 0.4) is 0 Å². The van der Waals surface area contributed by atoms with Gasteiger partial charge in [0.1, 0.15) is 17.0 Å². The average molecular weight is 377 g/mol. The van der Waals surface area contributed by atoms with Gasteiger partial charge < -0.3 is 5.32 Å². The maximum Gasteiger partial charge on any atom is 0.172 e. The van der Waals surface area contributed by atoms with Crippen LogP contribution in [0.1, 0.15) is 32.1 Å². The van der Waals surface area contributed by atoms with Gasteiger partial charge in [-0.3, -0.25) is 2.78 Å². The molecule has 1 fully saturated rings. The molecule has 96 valence electrons. The summed E-state index contributed by atoms with van der Waals surface area (Å²) in [6.07, 6.45) is 8.19. The summed E-state index contributed by atoms with van der Waals surface area (Å²) in [7, 11) is 0. The van der Waals surface area contributed by atoms with Gasteiger partial charge >= 0.3 is 0 Å². The first-order valence-electron chi connectivity index (χ1n) is 6.20. The summed E-state index contributed by atoms with van der Waals surface area (Å²) in [5, 5.41) is 4.09. The molecule has 6 heteroatoms. The van der Waals surface area contributed by atoms with Crippen molar-refractivity contribution in [2.45, 2.75) is 38.1 Å². The molecule has 1 aliphatic rings. The lowest BCUT2D eigenvalue weighted by Crippen LogP contribution is -2.22. The van der Waals surface area contributed by atoms with Crippen molar-refractivity contribution in [3.63, 3.8) is 0 Å². The summed E-state index contributed by atoms with van der Waals surface area (Å²) in [6, 6.07) is 2.42. The Kier molecular flexibility index (Phi) is 3.61. The fourth-order valence-electron chi connectivity index (χ4n) is 2.51. The lowest BCUT2D eigenvalue weighted by atomic mass is 9.95. The van der Waals surface area contributed by atoms with Crippen molar-refractivity contribution in [2.75, 3.05) is 5.32 Å². The summed E-state index contributed by atoms with van der Waals surface area (Å²) in [5.74, 6) is 0. The van der Waals surface area contributed by atoms with Gasteiger partial charge in [-0.25, -0.2) is 9.97 Å². The molecule has 2 aromatic rings. The first-order chi connectivity index (χ1) is 8.74. The van der Waals surface area contributed by atoms with Crippen LogP contribution < -0.4 is 5.32 Å². The number of imidazole rings is 1. The molecule has 1 saturated carbocycles. The third-order valence-corrected chi connectivity index (χ3v) is 4.30. The van der Waals surface area contributed by atoms with Gasteiger partial charge in [0.2, 0.25) is 0 Å². The van der Waals surface area contributed by atoms with Crippen molar-refractivity contribution in [2.24, 2.45) is 0 Å². The molecule has 0 aromatic carbocycles. The van der Waals surface area contributed by atoms with E-state index in [1.165, 1.54) is 32.1 Å². The molecule has 3 rings (SSSR count). The highest BCUT2D eigenvalue weighted by atomic mass is 127. The second kappa shape index (κ2) is 5.21. The van der Waals surface area contributed by atoms with Crippen LogP contribution in [0.15, 0.2) is 12.4 Å². The number of nitrogens with zero attached hydrogens (tertiary/aromatic N) is 3. The van der Waals surface area contributed by atoms with E-state index in [2.05, 4.69) is 38.1 Å². The van der Waals surface area contributed by atoms with Crippen LogP contribution in [0, 0.1) is 0 Å². The van der Waals surface area contributed by atoms with Crippen LogP contribution in [0.25, 0.3) is 11.2 Å². The lowest BCUT2D eigenvalue weighted by Gasteiger charge is -2.23. The predicted octanol–water partition coefficient (Wildman–Crippen LogP) is 4.03. The SMILES string of the molecule is Clc1cc(NC2CCCCC2)c2ncn(I)c2n1. The second-order valence-corrected chi connectivity index (χ2v) is 6.13. The van der Waals surface area contributed by atoms with Crippen LogP contribution >= 0.6 is 34.5 Å². The van der Waals surface area contributed by atoms with Crippen LogP contribution in [-0.2, 0) is 0 Å². The minimum absolute atomic E-state index is 0.513. The molecule has 0 aliphatic heterocycles. The molecular weight excluding hydrogens is 363 g/mol. The Hall–Kier alpha value is -0.560. The fourth-order valence-corrected chi connectivity index (χ4v) is 3.16. The number of rotatable bonds is 2. The van der Waals surface area contributed by atoms with Crippen molar-refractivity contribution in [3.8, 4) is 0 Å². The van der Waals surface area contributed by atoms with E-state index < -0.39 is 0 Å². The molecule has 0 spiro atoms. The molecule has 1 N–H and O–H groups in total. The van der Waals surface area contributed by atoms with E-state index in [1.807, 2.05) is 8.85 Å². The van der Waals surface area contributed by atoms with Crippen molar-refractivity contribution < 1.29 is 0 Å². The minimum Gasteiger partial charge on any atom is -0.380 e. The summed E-state index contributed by atoms with van der Waals surface area (Å²) in [4.78, 5) is 8.70. The Morgan fingerprint density at radius 2 is 2.11 bits per heavy atom. The number of fused-ring (bicyclic) bond motifs is 1. The monoisotopic (exact) mass is 376 g/mol. The van der Waals surface area contributed by atoms with Gasteiger partial charge in [0, 0.05) is 12.1 Å². The summed E-state index contributed by atoms with van der Waals surface area (Å²) >= 11 is 8.24. The minimum atomic E-state index is 0.513. The van der Waals surface area contributed by atoms with E-state index in [0.717, 1.165) is 16.9 Å². The quantitative estimate of drug-likeness (QED) is 0.636. The average Bonchev–Trinajstić information content (AvgIpc) is 2.73. The van der Waals surface area contributed by atoms with Crippen LogP contribution in [0.5, 0.6) is 0 Å². The molecule has 18 heavy (non-hydrogen) atoms. The van der Waals surface area contributed by atoms with E-state index in [1.54, 1.807) is 6.33 Å². The number of pyridine rings is 1. The van der Waals surface area contributed by atoms with Gasteiger partial charge in [0.15, 0.2) is 5.65 Å². The lowest BCUT2D eigenvalue weighted by molar-refractivity contribution is 0.463. The molecule has 0 saturated heterocycles. The Labute approximate surface area is 125 Å². The van der Waals surface area contributed by atoms with E-state index in [9.17, 15) is 0 Å². The summed E-state index contributed by atoms with van der Waals surface area (Å²) < 4.78 is 1.87. The van der Waals surface area contributed by atoms with Crippen molar-refractivity contribution in [3.05, 3.63) is 17.5 Å². The molecule has 4 nitrogen and oxygen atoms in total. The Morgan fingerprint density at radius 3 is 2.89 bits per heavy atom. The number of hydrogen-bond donors (Lipinski definition) is 1. The molecular formula is C12H14ClIN4. The van der Waals surface area contributed by atoms with E-state index >= 15 is 0 Å². The highest BCUT2D eigenvalue weighted by Gasteiger charge is 2.16. The topological polar surface area (TPSA) is 42.7 Å². The third kappa shape index (κ3) is 2.42. The number of halogens is 2. The Balaban J connectivity index is 1.94. The second-order valence-electron chi connectivity index (χ2n) is 4.70. The first-order valence-corrected chi connectivity index (χ1v) is 7.54. The normalized spacial score (nSPS) is 17.2. The van der Waals surface area contributed by atoms with Gasteiger partial charge in [-0.1, -0.05) is 30.9 Å². The maximum atomic E-state index is 6.07. The first kappa shape index (κ1) is 12.5. The van der Waals surface area contributed by atoms with E-state index in [-0.39, 0.29) is 0 Å². The molecule has 0 unspecified atom stereocenters. The fraction of sp³-hybridized carbons (Fsp3) is 0.500. The van der Waals surface area contributed by atoms with Crippen molar-refractivity contribution in [1.82, 2.24) is 12.7 Å². The third-order valence-electron chi connectivity index (χ3n) is 3.40. The van der Waals surface area contributed by atoms with Gasteiger partial charge in [0.05, 0.1) is 28.6 Å². The van der Waals surface area contributed by atoms with Crippen molar-refractivity contribution >= 4 is 51.3 Å². The molecule has 0 radical (unpaired) electrons. The molecule has 2 heterocycles. The standard InChI is InChI=1S/C12H14ClIN4/c13-10-6-9(16-8-4-2-1-3-5-8)11-12(17-10)18(14)7-15-11/h6-8H,1-5H2,(H,16,17). The number of hydrogen-bond acceptors (Lipinski definition) is 3. The van der Waals surface area contributed by atoms with Crippen LogP contribution in [-0.4, -0.2) is 18.8 Å².